The van der Waals surface area contributed by atoms with Crippen molar-refractivity contribution in [2.75, 3.05) is 6.61 Å². The summed E-state index contributed by atoms with van der Waals surface area (Å²) in [6, 6.07) is 7.29. The minimum absolute atomic E-state index is 0.0427. The zero-order chi connectivity index (χ0) is 13.8. The molecule has 0 aliphatic rings. The van der Waals surface area contributed by atoms with Gasteiger partial charge in [0.15, 0.2) is 0 Å². The van der Waals surface area contributed by atoms with E-state index in [0.29, 0.717) is 17.1 Å². The van der Waals surface area contributed by atoms with Crippen molar-refractivity contribution >= 4 is 28.3 Å². The molecule has 0 saturated heterocycles. The average molecular weight is 279 g/mol. The maximum Gasteiger partial charge on any atom is 0.253 e. The number of hydrogen-bond donors (Lipinski definition) is 2. The molecule has 2 N–H and O–H groups in total. The third-order valence-corrected chi connectivity index (χ3v) is 3.23. The van der Waals surface area contributed by atoms with Crippen molar-refractivity contribution in [2.24, 2.45) is 0 Å². The van der Waals surface area contributed by atoms with Crippen molar-refractivity contribution in [2.45, 2.75) is 19.4 Å². The monoisotopic (exact) mass is 278 g/mol. The molecular weight excluding hydrogens is 264 g/mol. The molecule has 1 amide bonds. The Labute approximate surface area is 116 Å². The number of nitrogens with one attached hydrogen (secondary N) is 1. The first-order valence-corrected chi connectivity index (χ1v) is 6.46. The molecule has 0 bridgehead atoms. The van der Waals surface area contributed by atoms with Crippen LogP contribution in [0.1, 0.15) is 23.7 Å². The van der Waals surface area contributed by atoms with E-state index in [4.69, 9.17) is 16.7 Å². The minimum Gasteiger partial charge on any atom is -0.396 e. The Balaban J connectivity index is 2.35. The van der Waals surface area contributed by atoms with Gasteiger partial charge in [0.25, 0.3) is 5.91 Å². The van der Waals surface area contributed by atoms with Crippen LogP contribution in [0.5, 0.6) is 0 Å². The molecule has 100 valence electrons. The predicted octanol–water partition coefficient (Wildman–Crippen LogP) is 2.39. The van der Waals surface area contributed by atoms with Crippen molar-refractivity contribution in [3.05, 3.63) is 41.2 Å². The highest BCUT2D eigenvalue weighted by atomic mass is 35.5. The predicted molar refractivity (Wildman–Crippen MR) is 75.4 cm³/mol. The number of rotatable bonds is 4. The van der Waals surface area contributed by atoms with Crippen LogP contribution in [0.2, 0.25) is 5.15 Å². The highest BCUT2D eigenvalue weighted by Crippen LogP contribution is 2.24. The van der Waals surface area contributed by atoms with Gasteiger partial charge in [0, 0.05) is 24.2 Å². The molecule has 2 aromatic rings. The smallest absolute Gasteiger partial charge is 0.253 e. The van der Waals surface area contributed by atoms with Gasteiger partial charge in [-0.15, -0.1) is 0 Å². The molecule has 0 aliphatic carbocycles. The topological polar surface area (TPSA) is 62.2 Å². The molecule has 5 heteroatoms. The van der Waals surface area contributed by atoms with Crippen LogP contribution in [0.25, 0.3) is 10.8 Å². The summed E-state index contributed by atoms with van der Waals surface area (Å²) >= 11 is 6.01. The van der Waals surface area contributed by atoms with Crippen LogP contribution in [-0.2, 0) is 0 Å². The number of aromatic nitrogens is 1. The lowest BCUT2D eigenvalue weighted by atomic mass is 10.1. The summed E-state index contributed by atoms with van der Waals surface area (Å²) in [5.41, 5.74) is 0.491. The normalized spacial score (nSPS) is 12.4. The first kappa shape index (κ1) is 13.8. The van der Waals surface area contributed by atoms with E-state index in [0.717, 1.165) is 10.8 Å². The van der Waals surface area contributed by atoms with Crippen LogP contribution >= 0.6 is 11.6 Å². The van der Waals surface area contributed by atoms with E-state index in [1.807, 2.05) is 31.2 Å². The molecule has 19 heavy (non-hydrogen) atoms. The number of aliphatic hydroxyl groups excluding tert-OH is 1. The number of pyridine rings is 1. The van der Waals surface area contributed by atoms with E-state index in [-0.39, 0.29) is 18.6 Å². The summed E-state index contributed by atoms with van der Waals surface area (Å²) in [7, 11) is 0. The largest absolute Gasteiger partial charge is 0.396 e. The zero-order valence-corrected chi connectivity index (χ0v) is 11.3. The van der Waals surface area contributed by atoms with E-state index in [1.54, 1.807) is 0 Å². The van der Waals surface area contributed by atoms with Gasteiger partial charge in [-0.25, -0.2) is 4.98 Å². The summed E-state index contributed by atoms with van der Waals surface area (Å²) in [6.45, 7) is 1.89. The molecule has 0 aliphatic heterocycles. The third kappa shape index (κ3) is 3.03. The highest BCUT2D eigenvalue weighted by molar-refractivity contribution is 6.34. The molecule has 0 radical (unpaired) electrons. The second-order valence-corrected chi connectivity index (χ2v) is 4.75. The van der Waals surface area contributed by atoms with Gasteiger partial charge >= 0.3 is 0 Å². The first-order chi connectivity index (χ1) is 9.13. The van der Waals surface area contributed by atoms with Crippen molar-refractivity contribution < 1.29 is 9.90 Å². The number of nitrogens with zero attached hydrogens (tertiary/aromatic N) is 1. The van der Waals surface area contributed by atoms with Gasteiger partial charge < -0.3 is 10.4 Å². The number of benzene rings is 1. The number of hydrogen-bond acceptors (Lipinski definition) is 3. The fraction of sp³-hybridized carbons (Fsp3) is 0.286. The van der Waals surface area contributed by atoms with E-state index in [2.05, 4.69) is 10.3 Å². The fourth-order valence-corrected chi connectivity index (χ4v) is 2.12. The Bertz CT molecular complexity index is 601. The standard InChI is InChI=1S/C14H15ClN2O2/c1-9(6-7-18)17-14(19)12-8-16-13(15)11-5-3-2-4-10(11)12/h2-5,8-9,18H,6-7H2,1H3,(H,17,19). The van der Waals surface area contributed by atoms with Crippen LogP contribution in [0.4, 0.5) is 0 Å². The Morgan fingerprint density at radius 3 is 2.79 bits per heavy atom. The molecule has 0 spiro atoms. The van der Waals surface area contributed by atoms with Gasteiger partial charge in [-0.3, -0.25) is 4.79 Å². The summed E-state index contributed by atoms with van der Waals surface area (Å²) in [6.07, 6.45) is 2.00. The van der Waals surface area contributed by atoms with Crippen molar-refractivity contribution in [3.8, 4) is 0 Å². The van der Waals surface area contributed by atoms with E-state index < -0.39 is 0 Å². The maximum atomic E-state index is 12.2. The van der Waals surface area contributed by atoms with Crippen LogP contribution < -0.4 is 5.32 Å². The molecule has 1 heterocycles. The van der Waals surface area contributed by atoms with Crippen LogP contribution in [0, 0.1) is 0 Å². The van der Waals surface area contributed by atoms with E-state index >= 15 is 0 Å². The maximum absolute atomic E-state index is 12.2. The second kappa shape index (κ2) is 5.99. The van der Waals surface area contributed by atoms with Gasteiger partial charge in [-0.2, -0.15) is 0 Å². The molecule has 4 nitrogen and oxygen atoms in total. The lowest BCUT2D eigenvalue weighted by Gasteiger charge is -2.13. The summed E-state index contributed by atoms with van der Waals surface area (Å²) in [5, 5.41) is 13.6. The Hall–Kier alpha value is -1.65. The molecule has 1 atom stereocenters. The Morgan fingerprint density at radius 2 is 2.11 bits per heavy atom. The van der Waals surface area contributed by atoms with Gasteiger partial charge in [0.2, 0.25) is 0 Å². The Kier molecular flexibility index (Phi) is 4.35. The SMILES string of the molecule is CC(CCO)NC(=O)c1cnc(Cl)c2ccccc12. The molecule has 0 fully saturated rings. The van der Waals surface area contributed by atoms with Gasteiger partial charge in [0.1, 0.15) is 5.15 Å². The highest BCUT2D eigenvalue weighted by Gasteiger charge is 2.14. The second-order valence-electron chi connectivity index (χ2n) is 4.40. The van der Waals surface area contributed by atoms with Gasteiger partial charge in [0.05, 0.1) is 5.56 Å². The van der Waals surface area contributed by atoms with Gasteiger partial charge in [-0.1, -0.05) is 35.9 Å². The molecule has 1 unspecified atom stereocenters. The molecule has 0 saturated carbocycles. The fourth-order valence-electron chi connectivity index (χ4n) is 1.91. The minimum atomic E-state index is -0.207. The number of carbonyl (C=O) groups is 1. The summed E-state index contributed by atoms with van der Waals surface area (Å²) in [5.74, 6) is -0.207. The molecule has 2 rings (SSSR count). The quantitative estimate of drug-likeness (QED) is 0.844. The molecular formula is C14H15ClN2O2. The van der Waals surface area contributed by atoms with Crippen LogP contribution in [0.15, 0.2) is 30.5 Å². The first-order valence-electron chi connectivity index (χ1n) is 6.08. The van der Waals surface area contributed by atoms with Gasteiger partial charge in [-0.05, 0) is 18.7 Å². The van der Waals surface area contributed by atoms with Crippen molar-refractivity contribution in [1.82, 2.24) is 10.3 Å². The third-order valence-electron chi connectivity index (χ3n) is 2.93. The van der Waals surface area contributed by atoms with Crippen molar-refractivity contribution in [1.29, 1.82) is 0 Å². The van der Waals surface area contributed by atoms with Crippen LogP contribution in [-0.4, -0.2) is 28.6 Å². The lowest BCUT2D eigenvalue weighted by molar-refractivity contribution is 0.0936. The Morgan fingerprint density at radius 1 is 1.42 bits per heavy atom. The summed E-state index contributed by atoms with van der Waals surface area (Å²) < 4.78 is 0. The zero-order valence-electron chi connectivity index (χ0n) is 10.6. The lowest BCUT2D eigenvalue weighted by Crippen LogP contribution is -2.33. The molecule has 1 aromatic heterocycles. The summed E-state index contributed by atoms with van der Waals surface area (Å²) in [4.78, 5) is 16.2. The van der Waals surface area contributed by atoms with E-state index in [9.17, 15) is 4.79 Å². The van der Waals surface area contributed by atoms with Crippen molar-refractivity contribution in [3.63, 3.8) is 0 Å². The van der Waals surface area contributed by atoms with E-state index in [1.165, 1.54) is 6.20 Å². The van der Waals surface area contributed by atoms with Crippen LogP contribution in [0.3, 0.4) is 0 Å². The molecule has 1 aromatic carbocycles. The number of halogens is 1. The number of amides is 1. The number of carbonyl (C=O) groups excluding carboxylic acids is 1. The number of fused-ring (bicyclic) bond motifs is 1. The average Bonchev–Trinajstić information content (AvgIpc) is 2.39. The number of aliphatic hydroxyl groups is 1.